The normalized spacial score (nSPS) is 12.2. The van der Waals surface area contributed by atoms with Crippen molar-refractivity contribution in [2.45, 2.75) is 13.0 Å². The van der Waals surface area contributed by atoms with E-state index in [-0.39, 0.29) is 12.1 Å². The van der Waals surface area contributed by atoms with Gasteiger partial charge < -0.3 is 10.4 Å². The molecule has 4 heteroatoms. The summed E-state index contributed by atoms with van der Waals surface area (Å²) in [6.07, 6.45) is -0.634. The quantitative estimate of drug-likeness (QED) is 0.757. The van der Waals surface area contributed by atoms with Crippen molar-refractivity contribution in [3.63, 3.8) is 0 Å². The Hall–Kier alpha value is -1.42. The minimum Gasteiger partial charge on any atom is -0.392 e. The van der Waals surface area contributed by atoms with E-state index in [0.29, 0.717) is 0 Å². The van der Waals surface area contributed by atoms with E-state index in [9.17, 15) is 9.18 Å². The lowest BCUT2D eigenvalue weighted by Crippen LogP contribution is -2.31. The average Bonchev–Trinajstić information content (AvgIpc) is 2.15. The molecule has 0 aliphatic heterocycles. The number of aliphatic hydroxyl groups is 1. The lowest BCUT2D eigenvalue weighted by atomic mass is 10.2. The molecule has 76 valence electrons. The summed E-state index contributed by atoms with van der Waals surface area (Å²) in [4.78, 5) is 11.3. The largest absolute Gasteiger partial charge is 0.392 e. The minimum absolute atomic E-state index is 0.00634. The van der Waals surface area contributed by atoms with Crippen LogP contribution in [0.4, 0.5) is 4.39 Å². The first-order chi connectivity index (χ1) is 6.61. The Labute approximate surface area is 81.6 Å². The van der Waals surface area contributed by atoms with Crippen LogP contribution in [-0.2, 0) is 0 Å². The van der Waals surface area contributed by atoms with Crippen LogP contribution in [0.2, 0.25) is 0 Å². The molecule has 0 bridgehead atoms. The molecular formula is C10H12FNO2. The number of carbonyl (C=O) groups excluding carboxylic acids is 1. The third-order valence-corrected chi connectivity index (χ3v) is 1.68. The number of rotatable bonds is 3. The maximum atomic E-state index is 13.0. The summed E-state index contributed by atoms with van der Waals surface area (Å²) in [6, 6.07) is 5.71. The van der Waals surface area contributed by atoms with Crippen molar-refractivity contribution >= 4 is 5.91 Å². The van der Waals surface area contributed by atoms with Gasteiger partial charge in [0.15, 0.2) is 0 Å². The van der Waals surface area contributed by atoms with Crippen molar-refractivity contribution in [3.8, 4) is 0 Å². The van der Waals surface area contributed by atoms with E-state index in [1.165, 1.54) is 18.2 Å². The van der Waals surface area contributed by atoms with Gasteiger partial charge in [-0.15, -0.1) is 0 Å². The summed E-state index contributed by atoms with van der Waals surface area (Å²) >= 11 is 0. The van der Waals surface area contributed by atoms with Gasteiger partial charge in [0.25, 0.3) is 5.91 Å². The van der Waals surface area contributed by atoms with E-state index >= 15 is 0 Å². The molecule has 0 saturated heterocycles. The summed E-state index contributed by atoms with van der Waals surface area (Å²) in [5.74, 6) is -1.07. The average molecular weight is 197 g/mol. The molecule has 1 aromatic carbocycles. The van der Waals surface area contributed by atoms with Gasteiger partial charge in [-0.1, -0.05) is 12.1 Å². The molecule has 1 amide bonds. The molecule has 0 heterocycles. The first-order valence-electron chi connectivity index (χ1n) is 4.32. The maximum absolute atomic E-state index is 13.0. The summed E-state index contributed by atoms with van der Waals surface area (Å²) in [6.45, 7) is 1.66. The second kappa shape index (κ2) is 4.72. The summed E-state index contributed by atoms with van der Waals surface area (Å²) in [5.41, 5.74) is -0.00634. The van der Waals surface area contributed by atoms with Gasteiger partial charge in [-0.3, -0.25) is 4.79 Å². The van der Waals surface area contributed by atoms with Gasteiger partial charge in [-0.25, -0.2) is 4.39 Å². The van der Waals surface area contributed by atoms with Crippen molar-refractivity contribution in [2.24, 2.45) is 0 Å². The Bertz CT molecular complexity index is 326. The van der Waals surface area contributed by atoms with Crippen LogP contribution in [0, 0.1) is 5.82 Å². The Morgan fingerprint density at radius 2 is 2.21 bits per heavy atom. The zero-order valence-corrected chi connectivity index (χ0v) is 7.83. The van der Waals surface area contributed by atoms with Crippen LogP contribution in [0.25, 0.3) is 0 Å². The fourth-order valence-corrected chi connectivity index (χ4v) is 0.981. The summed E-state index contributed by atoms with van der Waals surface area (Å²) in [7, 11) is 0. The lowest BCUT2D eigenvalue weighted by Gasteiger charge is -2.07. The molecule has 0 spiro atoms. The Morgan fingerprint density at radius 1 is 1.57 bits per heavy atom. The van der Waals surface area contributed by atoms with Gasteiger partial charge in [-0.05, 0) is 19.1 Å². The first-order valence-corrected chi connectivity index (χ1v) is 4.32. The highest BCUT2D eigenvalue weighted by atomic mass is 19.1. The van der Waals surface area contributed by atoms with Gasteiger partial charge in [0.1, 0.15) is 5.82 Å². The number of carbonyl (C=O) groups is 1. The number of amides is 1. The highest BCUT2D eigenvalue weighted by molar-refractivity contribution is 5.94. The molecule has 0 aliphatic carbocycles. The van der Waals surface area contributed by atoms with Crippen molar-refractivity contribution in [1.82, 2.24) is 5.32 Å². The maximum Gasteiger partial charge on any atom is 0.254 e. The highest BCUT2D eigenvalue weighted by Gasteiger charge is 2.10. The monoisotopic (exact) mass is 197 g/mol. The van der Waals surface area contributed by atoms with Crippen LogP contribution in [-0.4, -0.2) is 23.7 Å². The predicted molar refractivity (Wildman–Crippen MR) is 50.4 cm³/mol. The van der Waals surface area contributed by atoms with Crippen molar-refractivity contribution in [1.29, 1.82) is 0 Å². The molecule has 1 rings (SSSR count). The van der Waals surface area contributed by atoms with Gasteiger partial charge in [0, 0.05) is 6.54 Å². The molecule has 14 heavy (non-hydrogen) atoms. The predicted octanol–water partition coefficient (Wildman–Crippen LogP) is 0.936. The third-order valence-electron chi connectivity index (χ3n) is 1.68. The Morgan fingerprint density at radius 3 is 2.79 bits per heavy atom. The van der Waals surface area contributed by atoms with Gasteiger partial charge in [0.2, 0.25) is 0 Å². The molecule has 0 aliphatic rings. The number of hydrogen-bond donors (Lipinski definition) is 2. The molecule has 0 fully saturated rings. The summed E-state index contributed by atoms with van der Waals surface area (Å²) < 4.78 is 13.0. The second-order valence-corrected chi connectivity index (χ2v) is 3.04. The van der Waals surface area contributed by atoms with Crippen LogP contribution in [0.5, 0.6) is 0 Å². The van der Waals surface area contributed by atoms with Gasteiger partial charge in [0.05, 0.1) is 11.7 Å². The topological polar surface area (TPSA) is 49.3 Å². The molecule has 3 nitrogen and oxygen atoms in total. The van der Waals surface area contributed by atoms with Crippen LogP contribution >= 0.6 is 0 Å². The molecule has 0 saturated carbocycles. The fraction of sp³-hybridized carbons (Fsp3) is 0.300. The second-order valence-electron chi connectivity index (χ2n) is 3.04. The highest BCUT2D eigenvalue weighted by Crippen LogP contribution is 2.05. The third kappa shape index (κ3) is 2.81. The SMILES string of the molecule is CC(O)CNC(=O)c1ccccc1F. The standard InChI is InChI=1S/C10H12FNO2/c1-7(13)6-12-10(14)8-4-2-3-5-9(8)11/h2-5,7,13H,6H2,1H3,(H,12,14). The Kier molecular flexibility index (Phi) is 3.59. The van der Waals surface area contributed by atoms with E-state index in [0.717, 1.165) is 0 Å². The van der Waals surface area contributed by atoms with Crippen molar-refractivity contribution in [2.75, 3.05) is 6.54 Å². The van der Waals surface area contributed by atoms with E-state index < -0.39 is 17.8 Å². The van der Waals surface area contributed by atoms with Crippen LogP contribution < -0.4 is 5.32 Å². The lowest BCUT2D eigenvalue weighted by molar-refractivity contribution is 0.0920. The number of aliphatic hydroxyl groups excluding tert-OH is 1. The van der Waals surface area contributed by atoms with Gasteiger partial charge in [-0.2, -0.15) is 0 Å². The number of benzene rings is 1. The van der Waals surface area contributed by atoms with Gasteiger partial charge >= 0.3 is 0 Å². The number of hydrogen-bond acceptors (Lipinski definition) is 2. The molecule has 2 N–H and O–H groups in total. The van der Waals surface area contributed by atoms with Crippen molar-refractivity contribution < 1.29 is 14.3 Å². The zero-order chi connectivity index (χ0) is 10.6. The van der Waals surface area contributed by atoms with Crippen LogP contribution in [0.3, 0.4) is 0 Å². The molecule has 1 unspecified atom stereocenters. The molecule has 0 radical (unpaired) electrons. The smallest absolute Gasteiger partial charge is 0.254 e. The van der Waals surface area contributed by atoms with E-state index in [2.05, 4.69) is 5.32 Å². The fourth-order valence-electron chi connectivity index (χ4n) is 0.981. The van der Waals surface area contributed by atoms with E-state index in [4.69, 9.17) is 5.11 Å². The van der Waals surface area contributed by atoms with E-state index in [1.54, 1.807) is 13.0 Å². The zero-order valence-electron chi connectivity index (χ0n) is 7.83. The number of nitrogens with one attached hydrogen (secondary N) is 1. The summed E-state index contributed by atoms with van der Waals surface area (Å²) in [5, 5.41) is 11.3. The molecule has 0 aromatic heterocycles. The molecule has 1 atom stereocenters. The molecular weight excluding hydrogens is 185 g/mol. The Balaban J connectivity index is 2.65. The first kappa shape index (κ1) is 10.7. The van der Waals surface area contributed by atoms with Crippen LogP contribution in [0.1, 0.15) is 17.3 Å². The van der Waals surface area contributed by atoms with Crippen molar-refractivity contribution in [3.05, 3.63) is 35.6 Å². The minimum atomic E-state index is -0.634. The molecule has 1 aromatic rings. The van der Waals surface area contributed by atoms with E-state index in [1.807, 2.05) is 0 Å². The number of halogens is 1. The van der Waals surface area contributed by atoms with Crippen LogP contribution in [0.15, 0.2) is 24.3 Å².